The van der Waals surface area contributed by atoms with Crippen molar-refractivity contribution < 1.29 is 9.80 Å². The first-order valence-electron chi connectivity index (χ1n) is 9.15. The van der Waals surface area contributed by atoms with E-state index < -0.39 is 0 Å². The van der Waals surface area contributed by atoms with Crippen LogP contribution in [0.4, 0.5) is 0 Å². The molecule has 0 saturated carbocycles. The number of aryl methyl sites for hydroxylation is 2. The minimum Gasteiger partial charge on any atom is -0.322 e. The van der Waals surface area contributed by atoms with E-state index in [2.05, 4.69) is 74.5 Å². The Morgan fingerprint density at radius 2 is 1.58 bits per heavy atom. The quantitative estimate of drug-likeness (QED) is 0.821. The number of piperazine rings is 1. The van der Waals surface area contributed by atoms with Crippen molar-refractivity contribution in [2.24, 2.45) is 0 Å². The van der Waals surface area contributed by atoms with Crippen molar-refractivity contribution in [3.05, 3.63) is 76.9 Å². The molecule has 24 heavy (non-hydrogen) atoms. The Morgan fingerprint density at radius 3 is 2.33 bits per heavy atom. The molecule has 0 amide bonds. The lowest BCUT2D eigenvalue weighted by Crippen LogP contribution is -3.27. The van der Waals surface area contributed by atoms with Gasteiger partial charge in [-0.1, -0.05) is 60.2 Å². The highest BCUT2D eigenvalue weighted by atomic mass is 15.3. The lowest BCUT2D eigenvalue weighted by Gasteiger charge is -2.29. The summed E-state index contributed by atoms with van der Waals surface area (Å²) in [5.41, 5.74) is 5.65. The monoisotopic (exact) mass is 322 g/mol. The van der Waals surface area contributed by atoms with E-state index in [1.165, 1.54) is 55.0 Å². The van der Waals surface area contributed by atoms with Crippen LogP contribution >= 0.6 is 0 Å². The number of hydrogen-bond donors (Lipinski definition) is 2. The molecule has 1 fully saturated rings. The second-order valence-electron chi connectivity index (χ2n) is 7.12. The first kappa shape index (κ1) is 16.9. The first-order chi connectivity index (χ1) is 11.7. The SMILES string of the molecule is Cc1ccc(C)c(C[NH+]2CC[NH+](C/C=C/c3ccccc3)CC2)c1. The van der Waals surface area contributed by atoms with Gasteiger partial charge in [0.1, 0.15) is 32.7 Å². The van der Waals surface area contributed by atoms with E-state index in [-0.39, 0.29) is 0 Å². The van der Waals surface area contributed by atoms with Gasteiger partial charge < -0.3 is 9.80 Å². The van der Waals surface area contributed by atoms with Gasteiger partial charge in [-0.2, -0.15) is 0 Å². The zero-order valence-electron chi connectivity index (χ0n) is 15.0. The summed E-state index contributed by atoms with van der Waals surface area (Å²) >= 11 is 0. The Morgan fingerprint density at radius 1 is 0.875 bits per heavy atom. The van der Waals surface area contributed by atoms with E-state index in [1.54, 1.807) is 9.80 Å². The van der Waals surface area contributed by atoms with Gasteiger partial charge in [0.05, 0.1) is 6.54 Å². The maximum atomic E-state index is 2.37. The van der Waals surface area contributed by atoms with Crippen molar-refractivity contribution in [1.29, 1.82) is 0 Å². The number of rotatable bonds is 5. The average molecular weight is 322 g/mol. The van der Waals surface area contributed by atoms with E-state index in [4.69, 9.17) is 0 Å². The van der Waals surface area contributed by atoms with Crippen LogP contribution in [0.3, 0.4) is 0 Å². The van der Waals surface area contributed by atoms with Crippen LogP contribution in [-0.2, 0) is 6.54 Å². The van der Waals surface area contributed by atoms with Crippen molar-refractivity contribution in [2.75, 3.05) is 32.7 Å². The minimum absolute atomic E-state index is 1.14. The van der Waals surface area contributed by atoms with Gasteiger partial charge in [-0.15, -0.1) is 0 Å². The third-order valence-electron chi connectivity index (χ3n) is 5.13. The summed E-state index contributed by atoms with van der Waals surface area (Å²) in [7, 11) is 0. The van der Waals surface area contributed by atoms with Gasteiger partial charge in [0.2, 0.25) is 0 Å². The Labute approximate surface area is 146 Å². The van der Waals surface area contributed by atoms with Crippen LogP contribution in [0.5, 0.6) is 0 Å². The molecule has 0 bridgehead atoms. The molecule has 0 spiro atoms. The van der Waals surface area contributed by atoms with Crippen LogP contribution in [-0.4, -0.2) is 32.7 Å². The standard InChI is InChI=1S/C22H28N2/c1-19-10-11-20(2)22(17-19)18-24-15-13-23(14-16-24)12-6-9-21-7-4-3-5-8-21/h3-11,17H,12-16,18H2,1-2H3/p+2/b9-6+. The molecule has 1 aliphatic heterocycles. The Bertz CT molecular complexity index is 668. The molecule has 2 aromatic carbocycles. The second-order valence-corrected chi connectivity index (χ2v) is 7.12. The molecule has 0 radical (unpaired) electrons. The molecule has 0 atom stereocenters. The molecule has 3 rings (SSSR count). The van der Waals surface area contributed by atoms with Crippen molar-refractivity contribution in [3.8, 4) is 0 Å². The van der Waals surface area contributed by atoms with Crippen LogP contribution < -0.4 is 9.80 Å². The zero-order chi connectivity index (χ0) is 16.8. The zero-order valence-corrected chi connectivity index (χ0v) is 15.0. The molecule has 0 aromatic heterocycles. The maximum Gasteiger partial charge on any atom is 0.127 e. The molecule has 1 heterocycles. The van der Waals surface area contributed by atoms with Gasteiger partial charge in [-0.05, 0) is 31.1 Å². The van der Waals surface area contributed by atoms with Crippen LogP contribution in [0, 0.1) is 13.8 Å². The van der Waals surface area contributed by atoms with Gasteiger partial charge >= 0.3 is 0 Å². The van der Waals surface area contributed by atoms with Crippen LogP contribution in [0.25, 0.3) is 6.08 Å². The summed E-state index contributed by atoms with van der Waals surface area (Å²) in [5, 5.41) is 0. The van der Waals surface area contributed by atoms with Crippen molar-refractivity contribution >= 4 is 6.08 Å². The summed E-state index contributed by atoms with van der Waals surface area (Å²) < 4.78 is 0. The summed E-state index contributed by atoms with van der Waals surface area (Å²) in [6.07, 6.45) is 4.59. The normalized spacial score (nSPS) is 21.2. The Balaban J connectivity index is 1.46. The van der Waals surface area contributed by atoms with E-state index in [0.29, 0.717) is 0 Å². The molecule has 2 aromatic rings. The molecule has 0 aliphatic carbocycles. The molecule has 2 N–H and O–H groups in total. The van der Waals surface area contributed by atoms with Crippen LogP contribution in [0.1, 0.15) is 22.3 Å². The average Bonchev–Trinajstić information content (AvgIpc) is 2.61. The predicted octanol–water partition coefficient (Wildman–Crippen LogP) is 1.30. The van der Waals surface area contributed by atoms with Crippen LogP contribution in [0.15, 0.2) is 54.6 Å². The highest BCUT2D eigenvalue weighted by Gasteiger charge is 2.22. The van der Waals surface area contributed by atoms with E-state index in [9.17, 15) is 0 Å². The Kier molecular flexibility index (Phi) is 5.84. The van der Waals surface area contributed by atoms with Crippen molar-refractivity contribution in [1.82, 2.24) is 0 Å². The molecule has 1 saturated heterocycles. The number of hydrogen-bond acceptors (Lipinski definition) is 0. The van der Waals surface area contributed by atoms with Crippen molar-refractivity contribution in [2.45, 2.75) is 20.4 Å². The number of quaternary nitrogens is 2. The minimum atomic E-state index is 1.14. The smallest absolute Gasteiger partial charge is 0.127 e. The lowest BCUT2D eigenvalue weighted by molar-refractivity contribution is -1.02. The molecular weight excluding hydrogens is 292 g/mol. The summed E-state index contributed by atoms with van der Waals surface area (Å²) in [6.45, 7) is 11.9. The highest BCUT2D eigenvalue weighted by molar-refractivity contribution is 5.48. The highest BCUT2D eigenvalue weighted by Crippen LogP contribution is 2.09. The fourth-order valence-corrected chi connectivity index (χ4v) is 3.52. The fraction of sp³-hybridized carbons (Fsp3) is 0.364. The van der Waals surface area contributed by atoms with E-state index in [0.717, 1.165) is 6.54 Å². The first-order valence-corrected chi connectivity index (χ1v) is 9.15. The van der Waals surface area contributed by atoms with Gasteiger partial charge in [0.25, 0.3) is 0 Å². The molecule has 2 nitrogen and oxygen atoms in total. The second kappa shape index (κ2) is 8.27. The Hall–Kier alpha value is -1.90. The number of benzene rings is 2. The third-order valence-corrected chi connectivity index (χ3v) is 5.13. The number of nitrogens with one attached hydrogen (secondary N) is 2. The van der Waals surface area contributed by atoms with Crippen LogP contribution in [0.2, 0.25) is 0 Å². The fourth-order valence-electron chi connectivity index (χ4n) is 3.52. The largest absolute Gasteiger partial charge is 0.322 e. The molecule has 126 valence electrons. The predicted molar refractivity (Wildman–Crippen MR) is 101 cm³/mol. The summed E-state index contributed by atoms with van der Waals surface area (Å²) in [5.74, 6) is 0. The summed E-state index contributed by atoms with van der Waals surface area (Å²) in [6, 6.07) is 17.4. The van der Waals surface area contributed by atoms with E-state index in [1.807, 2.05) is 0 Å². The van der Waals surface area contributed by atoms with Gasteiger partial charge in [-0.3, -0.25) is 0 Å². The van der Waals surface area contributed by atoms with Gasteiger partial charge in [-0.25, -0.2) is 0 Å². The summed E-state index contributed by atoms with van der Waals surface area (Å²) in [4.78, 5) is 3.45. The van der Waals surface area contributed by atoms with Gasteiger partial charge in [0.15, 0.2) is 0 Å². The molecule has 2 heteroatoms. The lowest BCUT2D eigenvalue weighted by atomic mass is 10.0. The molecule has 1 aliphatic rings. The third kappa shape index (κ3) is 4.80. The van der Waals surface area contributed by atoms with E-state index >= 15 is 0 Å². The van der Waals surface area contributed by atoms with Gasteiger partial charge in [0, 0.05) is 5.56 Å². The maximum absolute atomic E-state index is 2.37. The molecule has 0 unspecified atom stereocenters. The molecular formula is C22H30N2+2. The topological polar surface area (TPSA) is 8.88 Å². The van der Waals surface area contributed by atoms with Crippen molar-refractivity contribution in [3.63, 3.8) is 0 Å².